The zero-order valence-electron chi connectivity index (χ0n) is 11.1. The molecule has 5 heteroatoms. The van der Waals surface area contributed by atoms with Gasteiger partial charge in [-0.1, -0.05) is 28.1 Å². The largest absolute Gasteiger partial charge is 0.495 e. The Morgan fingerprint density at radius 1 is 1.20 bits per heavy atom. The molecule has 20 heavy (non-hydrogen) atoms. The second kappa shape index (κ2) is 5.96. The average molecular weight is 336 g/mol. The van der Waals surface area contributed by atoms with Gasteiger partial charge in [-0.3, -0.25) is 0 Å². The monoisotopic (exact) mass is 335 g/mol. The summed E-state index contributed by atoms with van der Waals surface area (Å²) in [6, 6.07) is 12.5. The fourth-order valence-electron chi connectivity index (χ4n) is 2.00. The summed E-state index contributed by atoms with van der Waals surface area (Å²) in [5, 5.41) is 9.31. The Morgan fingerprint density at radius 2 is 1.90 bits per heavy atom. The minimum Gasteiger partial charge on any atom is -0.495 e. The zero-order chi connectivity index (χ0) is 14.7. The van der Waals surface area contributed by atoms with E-state index in [1.807, 2.05) is 31.3 Å². The molecule has 0 saturated carbocycles. The molecule has 0 aliphatic carbocycles. The van der Waals surface area contributed by atoms with Gasteiger partial charge in [-0.15, -0.1) is 0 Å². The van der Waals surface area contributed by atoms with Gasteiger partial charge in [-0.25, -0.2) is 4.79 Å². The molecule has 0 saturated heterocycles. The van der Waals surface area contributed by atoms with Crippen molar-refractivity contribution < 1.29 is 14.6 Å². The van der Waals surface area contributed by atoms with Crippen LogP contribution in [-0.2, 0) is 0 Å². The van der Waals surface area contributed by atoms with Crippen molar-refractivity contribution in [3.8, 4) is 5.75 Å². The first kappa shape index (κ1) is 14.4. The quantitative estimate of drug-likeness (QED) is 0.919. The normalized spacial score (nSPS) is 10.2. The van der Waals surface area contributed by atoms with Crippen LogP contribution in [0.5, 0.6) is 5.75 Å². The highest BCUT2D eigenvalue weighted by atomic mass is 79.9. The number of anilines is 2. The number of hydrogen-bond acceptors (Lipinski definition) is 3. The van der Waals surface area contributed by atoms with Gasteiger partial charge >= 0.3 is 5.97 Å². The van der Waals surface area contributed by atoms with Gasteiger partial charge in [0.2, 0.25) is 0 Å². The molecule has 1 N–H and O–H groups in total. The molecule has 0 bridgehead atoms. The minimum absolute atomic E-state index is 0.238. The maximum Gasteiger partial charge on any atom is 0.337 e. The van der Waals surface area contributed by atoms with E-state index in [0.29, 0.717) is 11.4 Å². The summed E-state index contributed by atoms with van der Waals surface area (Å²) in [5.41, 5.74) is 1.63. The minimum atomic E-state index is -0.964. The first-order chi connectivity index (χ1) is 9.54. The van der Waals surface area contributed by atoms with Crippen molar-refractivity contribution in [2.24, 2.45) is 0 Å². The molecule has 0 unspecified atom stereocenters. The van der Waals surface area contributed by atoms with Crippen molar-refractivity contribution in [2.75, 3.05) is 19.1 Å². The predicted octanol–water partition coefficient (Wildman–Crippen LogP) is 3.92. The van der Waals surface area contributed by atoms with Gasteiger partial charge in [0.1, 0.15) is 5.75 Å². The number of carboxylic acid groups (broad SMARTS) is 1. The first-order valence-corrected chi connectivity index (χ1v) is 6.73. The Bertz CT molecular complexity index is 643. The van der Waals surface area contributed by atoms with Crippen molar-refractivity contribution in [1.82, 2.24) is 0 Å². The van der Waals surface area contributed by atoms with Gasteiger partial charge < -0.3 is 14.7 Å². The molecule has 4 nitrogen and oxygen atoms in total. The number of methoxy groups -OCH3 is 1. The van der Waals surface area contributed by atoms with Crippen LogP contribution in [0.2, 0.25) is 0 Å². The zero-order valence-corrected chi connectivity index (χ0v) is 12.7. The molecule has 0 aliphatic heterocycles. The number of nitrogens with zero attached hydrogens (tertiary/aromatic N) is 1. The summed E-state index contributed by atoms with van der Waals surface area (Å²) >= 11 is 3.37. The van der Waals surface area contributed by atoms with E-state index >= 15 is 0 Å². The van der Waals surface area contributed by atoms with Crippen LogP contribution < -0.4 is 9.64 Å². The lowest BCUT2D eigenvalue weighted by Gasteiger charge is -2.23. The third-order valence-corrected chi connectivity index (χ3v) is 3.49. The topological polar surface area (TPSA) is 49.8 Å². The van der Waals surface area contributed by atoms with Crippen LogP contribution in [0.15, 0.2) is 46.9 Å². The lowest BCUT2D eigenvalue weighted by Crippen LogP contribution is -2.15. The number of carbonyl (C=O) groups is 1. The molecular formula is C15H14BrNO3. The summed E-state index contributed by atoms with van der Waals surface area (Å²) < 4.78 is 6.14. The van der Waals surface area contributed by atoms with E-state index in [-0.39, 0.29) is 5.56 Å². The van der Waals surface area contributed by atoms with Gasteiger partial charge in [0.25, 0.3) is 0 Å². The number of benzene rings is 2. The Morgan fingerprint density at radius 3 is 2.55 bits per heavy atom. The number of aromatic carboxylic acids is 1. The third kappa shape index (κ3) is 2.77. The highest BCUT2D eigenvalue weighted by Crippen LogP contribution is 2.35. The number of ether oxygens (including phenoxy) is 1. The van der Waals surface area contributed by atoms with E-state index in [2.05, 4.69) is 15.9 Å². The van der Waals surface area contributed by atoms with Crippen LogP contribution >= 0.6 is 15.9 Å². The Kier molecular flexibility index (Phi) is 4.29. The van der Waals surface area contributed by atoms with Crippen LogP contribution in [0.4, 0.5) is 11.4 Å². The molecule has 0 aromatic heterocycles. The lowest BCUT2D eigenvalue weighted by atomic mass is 10.1. The Labute approximate surface area is 125 Å². The van der Waals surface area contributed by atoms with Crippen molar-refractivity contribution in [1.29, 1.82) is 0 Å². The molecule has 0 aliphatic rings. The van der Waals surface area contributed by atoms with Gasteiger partial charge in [0.15, 0.2) is 0 Å². The van der Waals surface area contributed by atoms with E-state index < -0.39 is 5.97 Å². The van der Waals surface area contributed by atoms with Crippen LogP contribution in [0, 0.1) is 0 Å². The third-order valence-electron chi connectivity index (χ3n) is 3.00. The molecule has 104 valence electrons. The second-order valence-electron chi connectivity index (χ2n) is 4.20. The molecule has 0 atom stereocenters. The maximum absolute atomic E-state index is 11.4. The molecule has 0 amide bonds. The summed E-state index contributed by atoms with van der Waals surface area (Å²) in [6.07, 6.45) is 0. The van der Waals surface area contributed by atoms with E-state index in [1.165, 1.54) is 0 Å². The first-order valence-electron chi connectivity index (χ1n) is 5.94. The van der Waals surface area contributed by atoms with Gasteiger partial charge in [0.05, 0.1) is 24.0 Å². The van der Waals surface area contributed by atoms with Crippen LogP contribution in [-0.4, -0.2) is 25.2 Å². The van der Waals surface area contributed by atoms with E-state index in [0.717, 1.165) is 10.2 Å². The van der Waals surface area contributed by atoms with E-state index in [4.69, 9.17) is 4.74 Å². The van der Waals surface area contributed by atoms with E-state index in [9.17, 15) is 9.90 Å². The van der Waals surface area contributed by atoms with Gasteiger partial charge in [0, 0.05) is 11.5 Å². The highest BCUT2D eigenvalue weighted by molar-refractivity contribution is 9.10. The predicted molar refractivity (Wildman–Crippen MR) is 82.2 cm³/mol. The van der Waals surface area contributed by atoms with Crippen LogP contribution in [0.3, 0.4) is 0 Å². The maximum atomic E-state index is 11.4. The molecule has 2 aromatic rings. The fourth-order valence-corrected chi connectivity index (χ4v) is 2.35. The Hall–Kier alpha value is -2.01. The Balaban J connectivity index is 2.55. The SMILES string of the molecule is COc1ccccc1N(C)c1cc(Br)ccc1C(=O)O. The number of para-hydroxylation sites is 2. The number of halogens is 1. The summed E-state index contributed by atoms with van der Waals surface area (Å²) in [7, 11) is 3.40. The molecule has 2 rings (SSSR count). The molecule has 2 aromatic carbocycles. The fraction of sp³-hybridized carbons (Fsp3) is 0.133. The van der Waals surface area contributed by atoms with Gasteiger partial charge in [-0.05, 0) is 30.3 Å². The molecular weight excluding hydrogens is 322 g/mol. The molecule has 0 fully saturated rings. The van der Waals surface area contributed by atoms with Crippen LogP contribution in [0.1, 0.15) is 10.4 Å². The summed E-state index contributed by atoms with van der Waals surface area (Å²) in [6.45, 7) is 0. The van der Waals surface area contributed by atoms with Gasteiger partial charge in [-0.2, -0.15) is 0 Å². The molecule has 0 radical (unpaired) electrons. The number of hydrogen-bond donors (Lipinski definition) is 1. The smallest absolute Gasteiger partial charge is 0.337 e. The highest BCUT2D eigenvalue weighted by Gasteiger charge is 2.17. The van der Waals surface area contributed by atoms with Crippen LogP contribution in [0.25, 0.3) is 0 Å². The van der Waals surface area contributed by atoms with E-state index in [1.54, 1.807) is 30.2 Å². The van der Waals surface area contributed by atoms with Crippen molar-refractivity contribution in [3.05, 3.63) is 52.5 Å². The molecule has 0 heterocycles. The van der Waals surface area contributed by atoms with Crippen molar-refractivity contribution in [2.45, 2.75) is 0 Å². The van der Waals surface area contributed by atoms with Crippen molar-refractivity contribution >= 4 is 33.3 Å². The second-order valence-corrected chi connectivity index (χ2v) is 5.11. The standard InChI is InChI=1S/C15H14BrNO3/c1-17(12-5-3-4-6-14(12)20-2)13-9-10(16)7-8-11(13)15(18)19/h3-9H,1-2H3,(H,18,19). The summed E-state index contributed by atoms with van der Waals surface area (Å²) in [5.74, 6) is -0.277. The molecule has 0 spiro atoms. The van der Waals surface area contributed by atoms with Crippen molar-refractivity contribution in [3.63, 3.8) is 0 Å². The summed E-state index contributed by atoms with van der Waals surface area (Å²) in [4.78, 5) is 13.1. The number of carboxylic acids is 1. The number of rotatable bonds is 4. The lowest BCUT2D eigenvalue weighted by molar-refractivity contribution is 0.0697. The average Bonchev–Trinajstić information content (AvgIpc) is 2.46.